The number of ether oxygens (including phenoxy) is 1. The van der Waals surface area contributed by atoms with Gasteiger partial charge in [-0.15, -0.1) is 0 Å². The summed E-state index contributed by atoms with van der Waals surface area (Å²) in [5.74, 6) is 1.61. The quantitative estimate of drug-likeness (QED) is 0.729. The fourth-order valence-corrected chi connectivity index (χ4v) is 3.98. The van der Waals surface area contributed by atoms with E-state index in [9.17, 15) is 4.79 Å². The molecule has 1 fully saturated rings. The molecule has 1 aliphatic heterocycles. The topological polar surface area (TPSA) is 42.7 Å². The Labute approximate surface area is 146 Å². The Morgan fingerprint density at radius 1 is 1.38 bits per heavy atom. The van der Waals surface area contributed by atoms with Crippen LogP contribution in [0.5, 0.6) is 0 Å². The molecule has 2 heterocycles. The molecule has 2 rings (SSSR count). The number of hydrogen-bond acceptors (Lipinski definition) is 3. The van der Waals surface area contributed by atoms with Crippen molar-refractivity contribution in [2.24, 2.45) is 11.3 Å². The van der Waals surface area contributed by atoms with Gasteiger partial charge in [-0.05, 0) is 56.6 Å². The second kappa shape index (κ2) is 7.73. The SMILES string of the molecule is CCC(=O)N(CC[C@]1(C(C)C)CCOC(C)(C)C1)Cc1ccco1. The van der Waals surface area contributed by atoms with Gasteiger partial charge in [0.1, 0.15) is 5.76 Å². The van der Waals surface area contributed by atoms with E-state index in [1.807, 2.05) is 24.0 Å². The first-order valence-corrected chi connectivity index (χ1v) is 9.22. The highest BCUT2D eigenvalue weighted by Crippen LogP contribution is 2.47. The maximum atomic E-state index is 12.4. The summed E-state index contributed by atoms with van der Waals surface area (Å²) in [6.45, 7) is 13.1. The fourth-order valence-electron chi connectivity index (χ4n) is 3.98. The number of carbonyl (C=O) groups is 1. The Hall–Kier alpha value is -1.29. The Morgan fingerprint density at radius 2 is 2.12 bits per heavy atom. The highest BCUT2D eigenvalue weighted by atomic mass is 16.5. The van der Waals surface area contributed by atoms with Crippen LogP contribution < -0.4 is 0 Å². The molecule has 24 heavy (non-hydrogen) atoms. The lowest BCUT2D eigenvalue weighted by molar-refractivity contribution is -0.136. The molecule has 4 nitrogen and oxygen atoms in total. The predicted octanol–water partition coefficient (Wildman–Crippen LogP) is 4.64. The van der Waals surface area contributed by atoms with Gasteiger partial charge in [0.05, 0.1) is 18.4 Å². The minimum absolute atomic E-state index is 0.0802. The number of nitrogens with zero attached hydrogens (tertiary/aromatic N) is 1. The van der Waals surface area contributed by atoms with Gasteiger partial charge in [-0.3, -0.25) is 4.79 Å². The zero-order valence-electron chi connectivity index (χ0n) is 15.9. The molecule has 0 unspecified atom stereocenters. The average molecular weight is 335 g/mol. The molecule has 0 radical (unpaired) electrons. The number of hydrogen-bond donors (Lipinski definition) is 0. The smallest absolute Gasteiger partial charge is 0.222 e. The van der Waals surface area contributed by atoms with Gasteiger partial charge in [-0.1, -0.05) is 20.8 Å². The second-order valence-electron chi connectivity index (χ2n) is 8.05. The summed E-state index contributed by atoms with van der Waals surface area (Å²) in [6.07, 6.45) is 5.34. The van der Waals surface area contributed by atoms with Gasteiger partial charge in [-0.2, -0.15) is 0 Å². The summed E-state index contributed by atoms with van der Waals surface area (Å²) in [4.78, 5) is 14.3. The fraction of sp³-hybridized carbons (Fsp3) is 0.750. The van der Waals surface area contributed by atoms with Gasteiger partial charge in [0.2, 0.25) is 5.91 Å². The van der Waals surface area contributed by atoms with Crippen LogP contribution in [0.15, 0.2) is 22.8 Å². The Morgan fingerprint density at radius 3 is 2.67 bits per heavy atom. The Kier molecular flexibility index (Phi) is 6.13. The molecule has 1 aromatic heterocycles. The minimum Gasteiger partial charge on any atom is -0.467 e. The first kappa shape index (κ1) is 19.0. The van der Waals surface area contributed by atoms with E-state index in [0.29, 0.717) is 18.9 Å². The van der Waals surface area contributed by atoms with Gasteiger partial charge < -0.3 is 14.1 Å². The molecule has 0 aromatic carbocycles. The summed E-state index contributed by atoms with van der Waals surface area (Å²) in [7, 11) is 0. The normalized spacial score (nSPS) is 23.4. The molecule has 136 valence electrons. The molecule has 0 spiro atoms. The zero-order valence-corrected chi connectivity index (χ0v) is 15.9. The number of amides is 1. The molecule has 4 heteroatoms. The molecular weight excluding hydrogens is 302 g/mol. The van der Waals surface area contributed by atoms with Crippen LogP contribution in [0, 0.1) is 11.3 Å². The number of rotatable bonds is 7. The molecule has 0 saturated carbocycles. The van der Waals surface area contributed by atoms with E-state index < -0.39 is 0 Å². The van der Waals surface area contributed by atoms with Crippen LogP contribution in [0.3, 0.4) is 0 Å². The first-order valence-electron chi connectivity index (χ1n) is 9.22. The van der Waals surface area contributed by atoms with Crippen molar-refractivity contribution in [1.29, 1.82) is 0 Å². The van der Waals surface area contributed by atoms with Gasteiger partial charge in [0.25, 0.3) is 0 Å². The molecular formula is C20H33NO3. The van der Waals surface area contributed by atoms with Crippen LogP contribution in [0.1, 0.15) is 66.1 Å². The maximum absolute atomic E-state index is 12.4. The molecule has 1 saturated heterocycles. The van der Waals surface area contributed by atoms with Gasteiger partial charge in [0, 0.05) is 19.6 Å². The van der Waals surface area contributed by atoms with Crippen molar-refractivity contribution in [3.05, 3.63) is 24.2 Å². The van der Waals surface area contributed by atoms with Gasteiger partial charge in [-0.25, -0.2) is 0 Å². The molecule has 0 N–H and O–H groups in total. The van der Waals surface area contributed by atoms with Gasteiger partial charge in [0.15, 0.2) is 0 Å². The van der Waals surface area contributed by atoms with E-state index in [1.165, 1.54) is 0 Å². The summed E-state index contributed by atoms with van der Waals surface area (Å²) < 4.78 is 11.4. The van der Waals surface area contributed by atoms with Crippen LogP contribution in [0.4, 0.5) is 0 Å². The highest BCUT2D eigenvalue weighted by molar-refractivity contribution is 5.75. The molecule has 1 aliphatic rings. The van der Waals surface area contributed by atoms with Crippen molar-refractivity contribution in [3.63, 3.8) is 0 Å². The van der Waals surface area contributed by atoms with Crippen LogP contribution >= 0.6 is 0 Å². The van der Waals surface area contributed by atoms with Gasteiger partial charge >= 0.3 is 0 Å². The van der Waals surface area contributed by atoms with E-state index in [4.69, 9.17) is 9.15 Å². The van der Waals surface area contributed by atoms with E-state index in [1.54, 1.807) is 6.26 Å². The summed E-state index contributed by atoms with van der Waals surface area (Å²) >= 11 is 0. The molecule has 1 aromatic rings. The van der Waals surface area contributed by atoms with Crippen molar-refractivity contribution < 1.29 is 13.9 Å². The predicted molar refractivity (Wildman–Crippen MR) is 95.6 cm³/mol. The van der Waals surface area contributed by atoms with E-state index in [-0.39, 0.29) is 16.9 Å². The molecule has 0 aliphatic carbocycles. The van der Waals surface area contributed by atoms with E-state index in [2.05, 4.69) is 27.7 Å². The van der Waals surface area contributed by atoms with E-state index in [0.717, 1.165) is 38.2 Å². The number of carbonyl (C=O) groups excluding carboxylic acids is 1. The average Bonchev–Trinajstić information content (AvgIpc) is 3.02. The third-order valence-electron chi connectivity index (χ3n) is 5.56. The monoisotopic (exact) mass is 335 g/mol. The molecule has 0 bridgehead atoms. The van der Waals surface area contributed by atoms with Crippen LogP contribution in [0.2, 0.25) is 0 Å². The van der Waals surface area contributed by atoms with Crippen molar-refractivity contribution in [3.8, 4) is 0 Å². The summed E-state index contributed by atoms with van der Waals surface area (Å²) in [6, 6.07) is 3.81. The zero-order chi connectivity index (χ0) is 17.8. The standard InChI is InChI=1S/C20H33NO3/c1-6-18(22)21(14-17-8-7-12-23-17)11-9-20(16(2)3)10-13-24-19(4,5)15-20/h7-8,12,16H,6,9-11,13-15H2,1-5H3/t20-/m0/s1. The lowest BCUT2D eigenvalue weighted by Gasteiger charge is -2.48. The Balaban J connectivity index is 2.08. The Bertz CT molecular complexity index is 521. The third kappa shape index (κ3) is 4.62. The molecule has 1 amide bonds. The third-order valence-corrected chi connectivity index (χ3v) is 5.56. The van der Waals surface area contributed by atoms with Crippen molar-refractivity contribution >= 4 is 5.91 Å². The first-order chi connectivity index (χ1) is 11.3. The van der Waals surface area contributed by atoms with Crippen LogP contribution in [-0.2, 0) is 16.1 Å². The second-order valence-corrected chi connectivity index (χ2v) is 8.05. The summed E-state index contributed by atoms with van der Waals surface area (Å²) in [5, 5.41) is 0. The molecule has 1 atom stereocenters. The van der Waals surface area contributed by atoms with Crippen molar-refractivity contribution in [2.75, 3.05) is 13.2 Å². The number of furan rings is 1. The lowest BCUT2D eigenvalue weighted by atomic mass is 9.65. The maximum Gasteiger partial charge on any atom is 0.222 e. The lowest BCUT2D eigenvalue weighted by Crippen LogP contribution is -2.46. The van der Waals surface area contributed by atoms with Crippen molar-refractivity contribution in [1.82, 2.24) is 4.90 Å². The van der Waals surface area contributed by atoms with Crippen molar-refractivity contribution in [2.45, 2.75) is 72.4 Å². The van der Waals surface area contributed by atoms with Crippen LogP contribution in [-0.4, -0.2) is 29.6 Å². The minimum atomic E-state index is -0.0802. The van der Waals surface area contributed by atoms with E-state index >= 15 is 0 Å². The van der Waals surface area contributed by atoms with Crippen LogP contribution in [0.25, 0.3) is 0 Å². The summed E-state index contributed by atoms with van der Waals surface area (Å²) in [5.41, 5.74) is 0.153. The largest absolute Gasteiger partial charge is 0.467 e. The highest BCUT2D eigenvalue weighted by Gasteiger charge is 2.43.